The third-order valence-corrected chi connectivity index (χ3v) is 16.9. The van der Waals surface area contributed by atoms with Crippen LogP contribution in [0.4, 0.5) is 4.79 Å². The molecule has 1 aromatic rings. The molecule has 5 nitrogen and oxygen atoms in total. The number of hydrogen-bond acceptors (Lipinski definition) is 4. The Labute approximate surface area is 237 Å². The van der Waals surface area contributed by atoms with Crippen molar-refractivity contribution in [2.75, 3.05) is 0 Å². The van der Waals surface area contributed by atoms with E-state index in [0.29, 0.717) is 16.6 Å². The van der Waals surface area contributed by atoms with E-state index < -0.39 is 20.2 Å². The van der Waals surface area contributed by atoms with Crippen LogP contribution >= 0.6 is 0 Å². The van der Waals surface area contributed by atoms with Crippen LogP contribution in [0.2, 0.25) is 16.6 Å². The van der Waals surface area contributed by atoms with Gasteiger partial charge in [0.1, 0.15) is 20.0 Å². The number of carbonyl (C=O) groups excluding carboxylic acids is 3. The third-order valence-electron chi connectivity index (χ3n) is 9.85. The molecule has 0 radical (unpaired) electrons. The molecule has 0 spiro atoms. The van der Waals surface area contributed by atoms with Crippen LogP contribution in [0.5, 0.6) is 0 Å². The average molecular weight is 554 g/mol. The molecule has 2 aliphatic rings. The highest BCUT2D eigenvalue weighted by molar-refractivity contribution is 6.93. The molecule has 0 N–H and O–H groups in total. The lowest BCUT2D eigenvalue weighted by molar-refractivity contribution is -0.119. The molecule has 1 saturated carbocycles. The lowest BCUT2D eigenvalue weighted by Crippen LogP contribution is -2.54. The summed E-state index contributed by atoms with van der Waals surface area (Å²) >= 11 is 0. The summed E-state index contributed by atoms with van der Waals surface area (Å²) in [6.07, 6.45) is 5.53. The normalized spacial score (nSPS) is 22.9. The van der Waals surface area contributed by atoms with Gasteiger partial charge in [0.25, 0.3) is 0 Å². The van der Waals surface area contributed by atoms with Crippen molar-refractivity contribution in [2.24, 2.45) is 5.92 Å². The maximum absolute atomic E-state index is 14.0. The molecule has 1 amide bonds. The van der Waals surface area contributed by atoms with Gasteiger partial charge in [-0.3, -0.25) is 14.5 Å². The monoisotopic (exact) mass is 553 g/mol. The van der Waals surface area contributed by atoms with Crippen molar-refractivity contribution in [3.63, 3.8) is 0 Å². The molecular weight excluding hydrogens is 502 g/mol. The first-order valence-corrected chi connectivity index (χ1v) is 17.3. The van der Waals surface area contributed by atoms with Gasteiger partial charge in [-0.05, 0) is 59.0 Å². The van der Waals surface area contributed by atoms with E-state index in [9.17, 15) is 14.4 Å². The molecule has 0 saturated heterocycles. The minimum Gasteiger partial charge on any atom is -0.446 e. The Kier molecular flexibility index (Phi) is 10.1. The Morgan fingerprint density at radius 1 is 0.974 bits per heavy atom. The van der Waals surface area contributed by atoms with Gasteiger partial charge in [0.15, 0.2) is 5.78 Å². The van der Waals surface area contributed by atoms with E-state index in [1.165, 1.54) is 12.5 Å². The predicted octanol–water partition coefficient (Wildman–Crippen LogP) is 8.38. The molecule has 1 aliphatic carbocycles. The van der Waals surface area contributed by atoms with Crippen LogP contribution in [-0.2, 0) is 19.7 Å². The van der Waals surface area contributed by atoms with Gasteiger partial charge in [0.05, 0.1) is 6.04 Å². The molecule has 3 rings (SSSR count). The highest BCUT2D eigenvalue weighted by Gasteiger charge is 2.51. The molecule has 3 atom stereocenters. The minimum absolute atomic E-state index is 0.0247. The highest BCUT2D eigenvalue weighted by atomic mass is 28.3. The van der Waals surface area contributed by atoms with Gasteiger partial charge >= 0.3 is 6.09 Å². The van der Waals surface area contributed by atoms with Crippen LogP contribution < -0.4 is 0 Å². The molecule has 2 unspecified atom stereocenters. The SMILES string of the molecule is CC(=O)C[C@@H]1CC(=O)C([Si](C(C)C)(C(C)C)C(C)C)=CN1C(=O)OC1CCCCC1C(C)(C)c1ccccc1. The van der Waals surface area contributed by atoms with Gasteiger partial charge in [-0.15, -0.1) is 0 Å². The van der Waals surface area contributed by atoms with Crippen molar-refractivity contribution in [3.05, 3.63) is 47.3 Å². The topological polar surface area (TPSA) is 63.7 Å². The number of ketones is 2. The number of ether oxygens (including phenoxy) is 1. The van der Waals surface area contributed by atoms with Crippen molar-refractivity contribution in [1.82, 2.24) is 4.90 Å². The third kappa shape index (κ3) is 6.26. The van der Waals surface area contributed by atoms with Crippen molar-refractivity contribution in [3.8, 4) is 0 Å². The van der Waals surface area contributed by atoms with E-state index in [1.807, 2.05) is 12.3 Å². The van der Waals surface area contributed by atoms with E-state index in [1.54, 1.807) is 4.90 Å². The van der Waals surface area contributed by atoms with E-state index in [4.69, 9.17) is 4.74 Å². The first kappa shape index (κ1) is 31.3. The largest absolute Gasteiger partial charge is 0.446 e. The van der Waals surface area contributed by atoms with Gasteiger partial charge in [-0.2, -0.15) is 0 Å². The molecule has 0 aromatic heterocycles. The summed E-state index contributed by atoms with van der Waals surface area (Å²) in [5, 5.41) is 0.837. The van der Waals surface area contributed by atoms with Crippen LogP contribution in [0.3, 0.4) is 0 Å². The van der Waals surface area contributed by atoms with Crippen LogP contribution in [0.15, 0.2) is 41.7 Å². The number of nitrogens with zero attached hydrogens (tertiary/aromatic N) is 1. The molecule has 0 bridgehead atoms. The Balaban J connectivity index is 2.01. The maximum atomic E-state index is 14.0. The highest BCUT2D eigenvalue weighted by Crippen LogP contribution is 2.48. The second kappa shape index (κ2) is 12.5. The summed E-state index contributed by atoms with van der Waals surface area (Å²) in [6, 6.07) is 10.0. The number of carbonyl (C=O) groups is 3. The summed E-state index contributed by atoms with van der Waals surface area (Å²) in [6.45, 7) is 19.4. The summed E-state index contributed by atoms with van der Waals surface area (Å²) in [5.41, 5.74) is 2.11. The minimum atomic E-state index is -2.31. The van der Waals surface area contributed by atoms with Crippen molar-refractivity contribution in [1.29, 1.82) is 0 Å². The number of allylic oxidation sites excluding steroid dienone is 1. The van der Waals surface area contributed by atoms with Crippen molar-refractivity contribution < 1.29 is 19.1 Å². The van der Waals surface area contributed by atoms with Crippen LogP contribution in [0, 0.1) is 5.92 Å². The van der Waals surface area contributed by atoms with Crippen LogP contribution in [0.25, 0.3) is 0 Å². The van der Waals surface area contributed by atoms with Crippen LogP contribution in [-0.4, -0.2) is 42.8 Å². The number of benzene rings is 1. The maximum Gasteiger partial charge on any atom is 0.414 e. The zero-order valence-corrected chi connectivity index (χ0v) is 26.8. The zero-order chi connectivity index (χ0) is 29.1. The second-order valence-electron chi connectivity index (χ2n) is 13.4. The summed E-state index contributed by atoms with van der Waals surface area (Å²) in [5.74, 6) is 0.270. The molecule has 1 aliphatic heterocycles. The Hall–Kier alpha value is -2.21. The van der Waals surface area contributed by atoms with Gasteiger partial charge in [-0.25, -0.2) is 4.79 Å². The predicted molar refractivity (Wildman–Crippen MR) is 161 cm³/mol. The van der Waals surface area contributed by atoms with E-state index in [2.05, 4.69) is 79.7 Å². The number of amides is 1. The van der Waals surface area contributed by atoms with E-state index in [-0.39, 0.29) is 41.8 Å². The lowest BCUT2D eigenvalue weighted by Gasteiger charge is -2.47. The Morgan fingerprint density at radius 3 is 2.08 bits per heavy atom. The van der Waals surface area contributed by atoms with E-state index >= 15 is 0 Å². The summed E-state index contributed by atoms with van der Waals surface area (Å²) in [4.78, 5) is 41.6. The molecule has 216 valence electrons. The molecule has 1 fully saturated rings. The molecule has 39 heavy (non-hydrogen) atoms. The zero-order valence-electron chi connectivity index (χ0n) is 25.8. The first-order valence-electron chi connectivity index (χ1n) is 15.0. The molecule has 1 aromatic carbocycles. The van der Waals surface area contributed by atoms with Crippen LogP contribution in [0.1, 0.15) is 106 Å². The van der Waals surface area contributed by atoms with Gasteiger partial charge in [-0.1, -0.05) is 92.1 Å². The van der Waals surface area contributed by atoms with Crippen molar-refractivity contribution >= 4 is 25.7 Å². The fraction of sp³-hybridized carbons (Fsp3) is 0.667. The first-order chi connectivity index (χ1) is 18.2. The lowest BCUT2D eigenvalue weighted by atomic mass is 9.66. The fourth-order valence-corrected chi connectivity index (χ4v) is 14.9. The average Bonchev–Trinajstić information content (AvgIpc) is 2.85. The van der Waals surface area contributed by atoms with Gasteiger partial charge in [0.2, 0.25) is 0 Å². The number of hydrogen-bond donors (Lipinski definition) is 0. The Bertz CT molecular complexity index is 1040. The summed E-state index contributed by atoms with van der Waals surface area (Å²) in [7, 11) is -2.31. The smallest absolute Gasteiger partial charge is 0.414 e. The Morgan fingerprint density at radius 2 is 1.54 bits per heavy atom. The summed E-state index contributed by atoms with van der Waals surface area (Å²) < 4.78 is 6.38. The fourth-order valence-electron chi connectivity index (χ4n) is 8.06. The molecule has 6 heteroatoms. The van der Waals surface area contributed by atoms with Crippen molar-refractivity contribution in [2.45, 2.75) is 135 Å². The number of Topliss-reactive ketones (excluding diaryl/α,β-unsaturated/α-hetero) is 2. The molecular formula is C33H51NO4Si. The van der Waals surface area contributed by atoms with Gasteiger partial charge < -0.3 is 4.74 Å². The second-order valence-corrected chi connectivity index (χ2v) is 19.3. The quantitative estimate of drug-likeness (QED) is 0.288. The van der Waals surface area contributed by atoms with E-state index in [0.717, 1.165) is 30.9 Å². The number of rotatable bonds is 9. The molecule has 1 heterocycles. The van der Waals surface area contributed by atoms with Gasteiger partial charge in [0, 0.05) is 25.0 Å². The standard InChI is InChI=1S/C33H51NO4Si/c1-22(2)39(23(3)4,24(5)6)31-21-34(27(19-25(7)35)20-29(31)36)32(37)38-30-18-14-13-17-28(30)33(8,9)26-15-11-10-12-16-26/h10-12,15-16,21-24,27-28,30H,13-14,17-20H2,1-9H3/t27-,28?,30?/m1/s1.